The van der Waals surface area contributed by atoms with Crippen molar-refractivity contribution in [2.75, 3.05) is 11.5 Å². The molecule has 2 N–H and O–H groups in total. The van der Waals surface area contributed by atoms with Gasteiger partial charge in [0.25, 0.3) is 0 Å². The Labute approximate surface area is 90.3 Å². The number of nitrogens with zero attached hydrogens (tertiary/aromatic N) is 3. The maximum atomic E-state index is 5.60. The highest BCUT2D eigenvalue weighted by molar-refractivity contribution is 8.08. The lowest BCUT2D eigenvalue weighted by Gasteiger charge is -1.97. The highest BCUT2D eigenvalue weighted by Crippen LogP contribution is 2.30. The number of nitrogen functional groups attached to an aromatic ring is 1. The van der Waals surface area contributed by atoms with Crippen LogP contribution < -0.4 is 16.3 Å². The van der Waals surface area contributed by atoms with Crippen molar-refractivity contribution in [2.24, 2.45) is 4.99 Å². The Morgan fingerprint density at radius 2 is 2.33 bits per heavy atom. The number of aliphatic imine (C=N–C) groups is 1. The topological polar surface area (TPSA) is 64.2 Å². The number of thioether (sulfide) groups is 1. The second kappa shape index (κ2) is 3.20. The largest absolute Gasteiger partial charge is 0.368 e. The molecule has 3 heterocycles. The molecule has 0 radical (unpaired) electrons. The fraction of sp³-hybridized carbons (Fsp3) is 0.100. The van der Waals surface area contributed by atoms with Gasteiger partial charge in [-0.05, 0) is 0 Å². The van der Waals surface area contributed by atoms with Crippen LogP contribution >= 0.6 is 11.8 Å². The normalized spacial score (nSPS) is 17.6. The van der Waals surface area contributed by atoms with Gasteiger partial charge in [0.1, 0.15) is 0 Å². The van der Waals surface area contributed by atoms with Crippen LogP contribution in [0.2, 0.25) is 0 Å². The molecular weight excluding hydrogens is 208 g/mol. The molecule has 1 aromatic heterocycles. The van der Waals surface area contributed by atoms with Crippen molar-refractivity contribution in [1.29, 1.82) is 0 Å². The summed E-state index contributed by atoms with van der Waals surface area (Å²) in [4.78, 5) is 13.6. The second-order valence-electron chi connectivity index (χ2n) is 3.24. The molecule has 3 rings (SSSR count). The summed E-state index contributed by atoms with van der Waals surface area (Å²) >= 11 is 1.76. The number of rotatable bonds is 0. The van der Waals surface area contributed by atoms with E-state index in [0.717, 1.165) is 26.8 Å². The molecule has 0 unspecified atom stereocenters. The van der Waals surface area contributed by atoms with E-state index in [1.165, 1.54) is 0 Å². The van der Waals surface area contributed by atoms with Crippen LogP contribution in [0.3, 0.4) is 0 Å². The zero-order chi connectivity index (χ0) is 10.3. The van der Waals surface area contributed by atoms with E-state index in [9.17, 15) is 0 Å². The van der Waals surface area contributed by atoms with Crippen molar-refractivity contribution < 1.29 is 0 Å². The lowest BCUT2D eigenvalue weighted by Crippen LogP contribution is -2.31. The van der Waals surface area contributed by atoms with Gasteiger partial charge in [-0.3, -0.25) is 4.99 Å². The van der Waals surface area contributed by atoms with Gasteiger partial charge < -0.3 is 5.73 Å². The average molecular weight is 216 g/mol. The first kappa shape index (κ1) is 8.67. The summed E-state index contributed by atoms with van der Waals surface area (Å²) in [6.45, 7) is 0. The SMILES string of the molecule is Nc1ncc2c(n1)=C1SCC=C1C=NC=2. The molecule has 4 nitrogen and oxygen atoms in total. The van der Waals surface area contributed by atoms with Gasteiger partial charge >= 0.3 is 0 Å². The maximum absolute atomic E-state index is 5.60. The summed E-state index contributed by atoms with van der Waals surface area (Å²) in [5.41, 5.74) is 6.73. The van der Waals surface area contributed by atoms with Gasteiger partial charge in [-0.2, -0.15) is 0 Å². The summed E-state index contributed by atoms with van der Waals surface area (Å²) in [7, 11) is 0. The highest BCUT2D eigenvalue weighted by atomic mass is 32.2. The van der Waals surface area contributed by atoms with Crippen LogP contribution in [-0.2, 0) is 0 Å². The number of hydrogen-bond donors (Lipinski definition) is 1. The van der Waals surface area contributed by atoms with E-state index >= 15 is 0 Å². The summed E-state index contributed by atoms with van der Waals surface area (Å²) in [5, 5.41) is 1.82. The zero-order valence-corrected chi connectivity index (χ0v) is 8.66. The van der Waals surface area contributed by atoms with Crippen LogP contribution in [-0.4, -0.2) is 21.9 Å². The Kier molecular flexibility index (Phi) is 1.85. The third-order valence-electron chi connectivity index (χ3n) is 2.27. The Hall–Kier alpha value is -1.62. The number of hydrogen-bond acceptors (Lipinski definition) is 5. The van der Waals surface area contributed by atoms with Gasteiger partial charge in [-0.25, -0.2) is 9.97 Å². The van der Waals surface area contributed by atoms with E-state index in [0.29, 0.717) is 5.95 Å². The predicted octanol–water partition coefficient (Wildman–Crippen LogP) is -0.337. The van der Waals surface area contributed by atoms with E-state index in [2.05, 4.69) is 21.0 Å². The zero-order valence-electron chi connectivity index (χ0n) is 7.84. The van der Waals surface area contributed by atoms with Crippen LogP contribution in [0, 0.1) is 0 Å². The monoisotopic (exact) mass is 216 g/mol. The molecule has 1 aromatic rings. The quantitative estimate of drug-likeness (QED) is 0.644. The summed E-state index contributed by atoms with van der Waals surface area (Å²) in [5.74, 6) is 1.28. The lowest BCUT2D eigenvalue weighted by molar-refractivity contribution is 1.11. The fourth-order valence-corrected chi connectivity index (χ4v) is 2.62. The fourth-order valence-electron chi connectivity index (χ4n) is 1.59. The van der Waals surface area contributed by atoms with Crippen LogP contribution in [0.1, 0.15) is 0 Å². The van der Waals surface area contributed by atoms with Crippen LogP contribution in [0.25, 0.3) is 11.1 Å². The van der Waals surface area contributed by atoms with E-state index in [1.807, 2.05) is 6.21 Å². The molecule has 2 aliphatic rings. The smallest absolute Gasteiger partial charge is 0.220 e. The summed E-state index contributed by atoms with van der Waals surface area (Å²) in [6, 6.07) is 0. The predicted molar refractivity (Wildman–Crippen MR) is 62.6 cm³/mol. The van der Waals surface area contributed by atoms with Gasteiger partial charge in [-0.1, -0.05) is 6.08 Å². The maximum Gasteiger partial charge on any atom is 0.220 e. The summed E-state index contributed by atoms with van der Waals surface area (Å²) in [6.07, 6.45) is 7.48. The van der Waals surface area contributed by atoms with E-state index < -0.39 is 0 Å². The Balaban J connectivity index is 2.47. The molecule has 0 aromatic carbocycles. The first-order valence-electron chi connectivity index (χ1n) is 4.54. The molecule has 0 spiro atoms. The Morgan fingerprint density at radius 3 is 3.27 bits per heavy atom. The molecule has 74 valence electrons. The minimum Gasteiger partial charge on any atom is -0.368 e. The number of nitrogens with two attached hydrogens (primary N) is 1. The first-order chi connectivity index (χ1) is 7.34. The van der Waals surface area contributed by atoms with Crippen molar-refractivity contribution in [3.8, 4) is 0 Å². The molecule has 5 heteroatoms. The Bertz CT molecular complexity index is 600. The molecule has 0 bridgehead atoms. The van der Waals surface area contributed by atoms with Crippen molar-refractivity contribution >= 4 is 35.0 Å². The van der Waals surface area contributed by atoms with Gasteiger partial charge in [-0.15, -0.1) is 11.8 Å². The van der Waals surface area contributed by atoms with Gasteiger partial charge in [0, 0.05) is 40.1 Å². The van der Waals surface area contributed by atoms with Gasteiger partial charge in [0.2, 0.25) is 5.95 Å². The molecule has 0 aliphatic carbocycles. The minimum absolute atomic E-state index is 0.309. The van der Waals surface area contributed by atoms with Crippen LogP contribution in [0.5, 0.6) is 0 Å². The minimum atomic E-state index is 0.309. The molecule has 0 saturated heterocycles. The number of anilines is 1. The molecule has 0 saturated carbocycles. The Morgan fingerprint density at radius 1 is 1.40 bits per heavy atom. The number of fused-ring (bicyclic) bond motifs is 2. The molecule has 0 fully saturated rings. The van der Waals surface area contributed by atoms with Gasteiger partial charge in [0.15, 0.2) is 0 Å². The third kappa shape index (κ3) is 1.35. The van der Waals surface area contributed by atoms with E-state index in [1.54, 1.807) is 24.2 Å². The summed E-state index contributed by atoms with van der Waals surface area (Å²) < 4.78 is 0. The molecule has 0 amide bonds. The van der Waals surface area contributed by atoms with Crippen molar-refractivity contribution in [1.82, 2.24) is 9.97 Å². The van der Waals surface area contributed by atoms with Crippen LogP contribution in [0.4, 0.5) is 5.95 Å². The highest BCUT2D eigenvalue weighted by Gasteiger charge is 2.14. The molecule has 15 heavy (non-hydrogen) atoms. The van der Waals surface area contributed by atoms with E-state index in [-0.39, 0.29) is 0 Å². The molecule has 0 atom stereocenters. The average Bonchev–Trinajstić information content (AvgIpc) is 2.62. The third-order valence-corrected chi connectivity index (χ3v) is 3.32. The first-order valence-corrected chi connectivity index (χ1v) is 5.53. The van der Waals surface area contributed by atoms with Gasteiger partial charge in [0.05, 0.1) is 5.35 Å². The van der Waals surface area contributed by atoms with Crippen molar-refractivity contribution in [3.05, 3.63) is 28.4 Å². The van der Waals surface area contributed by atoms with Crippen LogP contribution in [0.15, 0.2) is 22.8 Å². The lowest BCUT2D eigenvalue weighted by atomic mass is 10.2. The standard InChI is InChI=1S/C10H8N4S/c11-10-13-5-7-4-12-3-6-1-2-15-9(6)8(7)14-10/h1,3-5H,2H2,(H2,11,14). The molecular formula is C10H8N4S. The number of aromatic nitrogens is 2. The second-order valence-corrected chi connectivity index (χ2v) is 4.27. The molecule has 2 aliphatic heterocycles. The van der Waals surface area contributed by atoms with Crippen molar-refractivity contribution in [2.45, 2.75) is 0 Å². The van der Waals surface area contributed by atoms with E-state index in [4.69, 9.17) is 5.73 Å². The van der Waals surface area contributed by atoms with Crippen molar-refractivity contribution in [3.63, 3.8) is 0 Å².